The van der Waals surface area contributed by atoms with Crippen LogP contribution in [0.2, 0.25) is 0 Å². The lowest BCUT2D eigenvalue weighted by Crippen LogP contribution is -2.09. The molecule has 2 aromatic rings. The summed E-state index contributed by atoms with van der Waals surface area (Å²) in [4.78, 5) is 15.0. The topological polar surface area (TPSA) is 70.8 Å². The van der Waals surface area contributed by atoms with Gasteiger partial charge in [-0.2, -0.15) is 8.78 Å². The molecule has 0 spiro atoms. The molecule has 8 heteroatoms. The standard InChI is InChI=1S/C16H17F2NO5/c1-9(2)23-14-6-11(4-5-13(14)24-16(17)18)15-19-12(8-22-15)7-21-10(3)20/h4-6,8-9,16H,7H2,1-3H3. The maximum atomic E-state index is 12.5. The van der Waals surface area contributed by atoms with Gasteiger partial charge < -0.3 is 18.6 Å². The van der Waals surface area contributed by atoms with E-state index >= 15 is 0 Å². The van der Waals surface area contributed by atoms with Crippen LogP contribution >= 0.6 is 0 Å². The highest BCUT2D eigenvalue weighted by atomic mass is 19.3. The lowest BCUT2D eigenvalue weighted by Gasteiger charge is -2.15. The lowest BCUT2D eigenvalue weighted by molar-refractivity contribution is -0.142. The number of benzene rings is 1. The lowest BCUT2D eigenvalue weighted by atomic mass is 10.2. The molecule has 6 nitrogen and oxygen atoms in total. The Balaban J connectivity index is 2.25. The molecule has 0 bridgehead atoms. The van der Waals surface area contributed by atoms with Crippen LogP contribution in [0.4, 0.5) is 8.78 Å². The van der Waals surface area contributed by atoms with Crippen LogP contribution in [0.25, 0.3) is 11.5 Å². The summed E-state index contributed by atoms with van der Waals surface area (Å²) in [5, 5.41) is 0. The first kappa shape index (κ1) is 17.7. The van der Waals surface area contributed by atoms with E-state index < -0.39 is 12.6 Å². The van der Waals surface area contributed by atoms with Gasteiger partial charge in [0.25, 0.3) is 0 Å². The van der Waals surface area contributed by atoms with Gasteiger partial charge in [0.2, 0.25) is 5.89 Å². The number of ether oxygens (including phenoxy) is 3. The predicted molar refractivity (Wildman–Crippen MR) is 79.8 cm³/mol. The Hall–Kier alpha value is -2.64. The Morgan fingerprint density at radius 1 is 1.25 bits per heavy atom. The van der Waals surface area contributed by atoms with Crippen molar-refractivity contribution in [3.63, 3.8) is 0 Å². The highest BCUT2D eigenvalue weighted by Gasteiger charge is 2.16. The van der Waals surface area contributed by atoms with Gasteiger partial charge in [-0.05, 0) is 32.0 Å². The van der Waals surface area contributed by atoms with E-state index in [9.17, 15) is 13.6 Å². The molecule has 1 aromatic carbocycles. The van der Waals surface area contributed by atoms with Gasteiger partial charge in [0, 0.05) is 12.5 Å². The van der Waals surface area contributed by atoms with Crippen LogP contribution in [-0.2, 0) is 16.1 Å². The second-order valence-corrected chi connectivity index (χ2v) is 5.13. The molecule has 0 atom stereocenters. The highest BCUT2D eigenvalue weighted by molar-refractivity contribution is 5.66. The maximum Gasteiger partial charge on any atom is 0.387 e. The fourth-order valence-electron chi connectivity index (χ4n) is 1.86. The van der Waals surface area contributed by atoms with Crippen LogP contribution in [-0.4, -0.2) is 23.7 Å². The number of hydrogen-bond donors (Lipinski definition) is 0. The molecule has 24 heavy (non-hydrogen) atoms. The first-order valence-electron chi connectivity index (χ1n) is 7.19. The molecule has 1 aromatic heterocycles. The zero-order chi connectivity index (χ0) is 17.7. The molecule has 0 radical (unpaired) electrons. The van der Waals surface area contributed by atoms with Crippen molar-refractivity contribution in [2.75, 3.05) is 0 Å². The summed E-state index contributed by atoms with van der Waals surface area (Å²) in [6.07, 6.45) is 1.12. The fraction of sp³-hybridized carbons (Fsp3) is 0.375. The minimum Gasteiger partial charge on any atom is -0.487 e. The number of carbonyl (C=O) groups is 1. The molecule has 0 saturated heterocycles. The first-order chi connectivity index (χ1) is 11.3. The number of hydrogen-bond acceptors (Lipinski definition) is 6. The van der Waals surface area contributed by atoms with Crippen molar-refractivity contribution in [1.82, 2.24) is 4.98 Å². The molecule has 130 valence electrons. The van der Waals surface area contributed by atoms with Crippen molar-refractivity contribution >= 4 is 5.97 Å². The van der Waals surface area contributed by atoms with Crippen LogP contribution in [0.1, 0.15) is 26.5 Å². The van der Waals surface area contributed by atoms with E-state index in [1.54, 1.807) is 13.8 Å². The summed E-state index contributed by atoms with van der Waals surface area (Å²) in [6, 6.07) is 4.38. The van der Waals surface area contributed by atoms with E-state index in [2.05, 4.69) is 9.72 Å². The van der Waals surface area contributed by atoms with Gasteiger partial charge in [-0.3, -0.25) is 4.79 Å². The van der Waals surface area contributed by atoms with Crippen LogP contribution in [0.5, 0.6) is 11.5 Å². The Morgan fingerprint density at radius 3 is 2.62 bits per heavy atom. The molecule has 0 aliphatic carbocycles. The normalized spacial score (nSPS) is 11.0. The fourth-order valence-corrected chi connectivity index (χ4v) is 1.86. The molecule has 0 amide bonds. The molecular weight excluding hydrogens is 324 g/mol. The summed E-state index contributed by atoms with van der Waals surface area (Å²) in [5.74, 6) is -0.105. The van der Waals surface area contributed by atoms with E-state index in [4.69, 9.17) is 13.9 Å². The van der Waals surface area contributed by atoms with Crippen molar-refractivity contribution in [2.24, 2.45) is 0 Å². The Bertz CT molecular complexity index is 700. The van der Waals surface area contributed by atoms with Crippen LogP contribution in [0.3, 0.4) is 0 Å². The molecule has 0 fully saturated rings. The second-order valence-electron chi connectivity index (χ2n) is 5.13. The molecule has 0 aliphatic rings. The SMILES string of the molecule is CC(=O)OCc1coc(-c2ccc(OC(F)F)c(OC(C)C)c2)n1. The zero-order valence-corrected chi connectivity index (χ0v) is 13.4. The van der Waals surface area contributed by atoms with Gasteiger partial charge in [-0.1, -0.05) is 0 Å². The molecule has 1 heterocycles. The number of aromatic nitrogens is 1. The Kier molecular flexibility index (Phi) is 5.73. The molecule has 0 N–H and O–H groups in total. The van der Waals surface area contributed by atoms with E-state index in [1.807, 2.05) is 0 Å². The summed E-state index contributed by atoms with van der Waals surface area (Å²) in [5.41, 5.74) is 0.945. The van der Waals surface area contributed by atoms with E-state index in [-0.39, 0.29) is 30.1 Å². The predicted octanol–water partition coefficient (Wildman–Crippen LogP) is 3.79. The number of oxazole rings is 1. The van der Waals surface area contributed by atoms with Crippen molar-refractivity contribution in [1.29, 1.82) is 0 Å². The quantitative estimate of drug-likeness (QED) is 0.714. The average molecular weight is 341 g/mol. The van der Waals surface area contributed by atoms with Crippen LogP contribution in [0, 0.1) is 0 Å². The zero-order valence-electron chi connectivity index (χ0n) is 13.4. The average Bonchev–Trinajstić information content (AvgIpc) is 2.95. The number of alkyl halides is 2. The third-order valence-corrected chi connectivity index (χ3v) is 2.74. The number of esters is 1. The molecule has 0 unspecified atom stereocenters. The largest absolute Gasteiger partial charge is 0.487 e. The van der Waals surface area contributed by atoms with E-state index in [1.165, 1.54) is 31.4 Å². The number of carbonyl (C=O) groups excluding carboxylic acids is 1. The highest BCUT2D eigenvalue weighted by Crippen LogP contribution is 2.34. The van der Waals surface area contributed by atoms with Crippen molar-refractivity contribution < 1.29 is 32.2 Å². The van der Waals surface area contributed by atoms with Crippen molar-refractivity contribution in [3.05, 3.63) is 30.2 Å². The molecule has 0 saturated carbocycles. The van der Waals surface area contributed by atoms with Crippen LogP contribution in [0.15, 0.2) is 28.9 Å². The van der Waals surface area contributed by atoms with Gasteiger partial charge in [-0.15, -0.1) is 0 Å². The Morgan fingerprint density at radius 2 is 2.00 bits per heavy atom. The maximum absolute atomic E-state index is 12.5. The molecule has 2 rings (SSSR count). The third-order valence-electron chi connectivity index (χ3n) is 2.74. The number of rotatable bonds is 7. The Labute approximate surface area is 137 Å². The van der Waals surface area contributed by atoms with Crippen LogP contribution < -0.4 is 9.47 Å². The van der Waals surface area contributed by atoms with Gasteiger partial charge in [0.05, 0.1) is 6.10 Å². The molecule has 0 aliphatic heterocycles. The van der Waals surface area contributed by atoms with Gasteiger partial charge in [0.1, 0.15) is 18.6 Å². The monoisotopic (exact) mass is 341 g/mol. The summed E-state index contributed by atoms with van der Waals surface area (Å²) >= 11 is 0. The van der Waals surface area contributed by atoms with E-state index in [0.717, 1.165) is 0 Å². The van der Waals surface area contributed by atoms with Gasteiger partial charge >= 0.3 is 12.6 Å². The second kappa shape index (κ2) is 7.76. The molecular formula is C16H17F2NO5. The summed E-state index contributed by atoms with van der Waals surface area (Å²) < 4.78 is 45.0. The minimum atomic E-state index is -2.96. The van der Waals surface area contributed by atoms with Gasteiger partial charge in [0.15, 0.2) is 11.5 Å². The number of halogens is 2. The summed E-state index contributed by atoms with van der Waals surface area (Å²) in [7, 11) is 0. The first-order valence-corrected chi connectivity index (χ1v) is 7.19. The number of nitrogens with zero attached hydrogens (tertiary/aromatic N) is 1. The smallest absolute Gasteiger partial charge is 0.387 e. The third kappa shape index (κ3) is 4.94. The van der Waals surface area contributed by atoms with Gasteiger partial charge in [-0.25, -0.2) is 4.98 Å². The van der Waals surface area contributed by atoms with Crippen molar-refractivity contribution in [2.45, 2.75) is 40.1 Å². The van der Waals surface area contributed by atoms with E-state index in [0.29, 0.717) is 11.3 Å². The van der Waals surface area contributed by atoms with Crippen molar-refractivity contribution in [3.8, 4) is 23.0 Å². The minimum absolute atomic E-state index is 0.0131. The summed E-state index contributed by atoms with van der Waals surface area (Å²) in [6.45, 7) is 1.85.